The molecule has 2 nitrogen and oxygen atoms in total. The number of rotatable bonds is 4. The number of hydrogen-bond acceptors (Lipinski definition) is 3. The molecule has 2 rings (SSSR count). The van der Waals surface area contributed by atoms with E-state index in [0.717, 1.165) is 17.0 Å². The first-order valence-corrected chi connectivity index (χ1v) is 7.15. The van der Waals surface area contributed by atoms with Crippen LogP contribution in [0.4, 0.5) is 19.0 Å². The van der Waals surface area contributed by atoms with Crippen LogP contribution in [0.25, 0.3) is 0 Å². The molecule has 0 aromatic carbocycles. The van der Waals surface area contributed by atoms with E-state index in [0.29, 0.717) is 17.3 Å². The number of aromatic nitrogens is 1. The molecular formula is C12H9Cl2F3N2S. The number of pyridine rings is 1. The summed E-state index contributed by atoms with van der Waals surface area (Å²) in [6.45, 7) is 0.446. The largest absolute Gasteiger partial charge is 0.416 e. The molecule has 0 amide bonds. The summed E-state index contributed by atoms with van der Waals surface area (Å²) in [6, 6.07) is 5.39. The van der Waals surface area contributed by atoms with E-state index in [-0.39, 0.29) is 11.0 Å². The fourth-order valence-corrected chi connectivity index (χ4v) is 2.85. The van der Waals surface area contributed by atoms with Gasteiger partial charge in [-0.2, -0.15) is 13.2 Å². The zero-order valence-electron chi connectivity index (χ0n) is 9.97. The van der Waals surface area contributed by atoms with Gasteiger partial charge in [0.2, 0.25) is 0 Å². The number of nitrogens with one attached hydrogen (secondary N) is 1. The van der Waals surface area contributed by atoms with Crippen LogP contribution in [0.15, 0.2) is 24.3 Å². The summed E-state index contributed by atoms with van der Waals surface area (Å²) in [5.41, 5.74) is -0.820. The van der Waals surface area contributed by atoms with Crippen LogP contribution < -0.4 is 5.32 Å². The number of anilines is 1. The molecule has 0 saturated carbocycles. The van der Waals surface area contributed by atoms with Crippen LogP contribution >= 0.6 is 34.5 Å². The first kappa shape index (κ1) is 15.4. The van der Waals surface area contributed by atoms with E-state index in [9.17, 15) is 13.2 Å². The molecule has 0 spiro atoms. The van der Waals surface area contributed by atoms with Crippen molar-refractivity contribution in [3.8, 4) is 0 Å². The predicted molar refractivity (Wildman–Crippen MR) is 75.8 cm³/mol. The second-order valence-corrected chi connectivity index (χ2v) is 6.13. The van der Waals surface area contributed by atoms with E-state index in [1.165, 1.54) is 11.3 Å². The van der Waals surface area contributed by atoms with E-state index >= 15 is 0 Å². The molecule has 0 fully saturated rings. The molecular weight excluding hydrogens is 332 g/mol. The Kier molecular flexibility index (Phi) is 4.78. The lowest BCUT2D eigenvalue weighted by Gasteiger charge is -2.10. The highest BCUT2D eigenvalue weighted by Gasteiger charge is 2.31. The van der Waals surface area contributed by atoms with E-state index in [4.69, 9.17) is 23.2 Å². The first-order chi connectivity index (χ1) is 9.34. The molecule has 0 unspecified atom stereocenters. The Balaban J connectivity index is 2.00. The van der Waals surface area contributed by atoms with E-state index in [2.05, 4.69) is 10.3 Å². The molecule has 8 heteroatoms. The summed E-state index contributed by atoms with van der Waals surface area (Å²) in [5, 5.41) is 2.63. The topological polar surface area (TPSA) is 24.9 Å². The molecule has 2 aromatic heterocycles. The lowest BCUT2D eigenvalue weighted by Crippen LogP contribution is -2.10. The van der Waals surface area contributed by atoms with Gasteiger partial charge in [0.25, 0.3) is 0 Å². The van der Waals surface area contributed by atoms with Gasteiger partial charge in [-0.25, -0.2) is 4.98 Å². The molecule has 1 N–H and O–H groups in total. The van der Waals surface area contributed by atoms with Crippen molar-refractivity contribution in [3.63, 3.8) is 0 Å². The maximum absolute atomic E-state index is 12.6. The van der Waals surface area contributed by atoms with Gasteiger partial charge in [-0.1, -0.05) is 23.2 Å². The Bertz CT molecular complexity index is 599. The van der Waals surface area contributed by atoms with E-state index < -0.39 is 11.7 Å². The lowest BCUT2D eigenvalue weighted by atomic mass is 10.2. The Morgan fingerprint density at radius 2 is 1.95 bits per heavy atom. The normalized spacial score (nSPS) is 11.7. The fraction of sp³-hybridized carbons (Fsp3) is 0.250. The van der Waals surface area contributed by atoms with Gasteiger partial charge in [-0.3, -0.25) is 0 Å². The Morgan fingerprint density at radius 3 is 2.55 bits per heavy atom. The highest BCUT2D eigenvalue weighted by molar-refractivity contribution is 7.16. The zero-order chi connectivity index (χ0) is 14.8. The van der Waals surface area contributed by atoms with Crippen LogP contribution in [0.5, 0.6) is 0 Å². The van der Waals surface area contributed by atoms with Crippen LogP contribution in [-0.2, 0) is 12.6 Å². The van der Waals surface area contributed by atoms with Crippen molar-refractivity contribution in [2.45, 2.75) is 12.6 Å². The SMILES string of the molecule is FC(F)(F)c1cc(Cl)nc(NCCc2ccc(Cl)s2)c1. The van der Waals surface area contributed by atoms with Gasteiger partial charge in [0, 0.05) is 11.4 Å². The van der Waals surface area contributed by atoms with Gasteiger partial charge in [-0.15, -0.1) is 11.3 Å². The van der Waals surface area contributed by atoms with Crippen molar-refractivity contribution in [1.82, 2.24) is 4.98 Å². The summed E-state index contributed by atoms with van der Waals surface area (Å²) in [6.07, 6.45) is -3.79. The average Bonchev–Trinajstić information content (AvgIpc) is 2.73. The minimum absolute atomic E-state index is 0.104. The molecule has 0 bridgehead atoms. The average molecular weight is 341 g/mol. The smallest absolute Gasteiger partial charge is 0.370 e. The van der Waals surface area contributed by atoms with Crippen molar-refractivity contribution >= 4 is 40.4 Å². The molecule has 0 aliphatic rings. The maximum atomic E-state index is 12.6. The summed E-state index contributed by atoms with van der Waals surface area (Å²) in [4.78, 5) is 4.86. The predicted octanol–water partition coefficient (Wildman–Crippen LogP) is 5.12. The van der Waals surface area contributed by atoms with Crippen LogP contribution in [0.2, 0.25) is 9.49 Å². The van der Waals surface area contributed by atoms with Crippen LogP contribution in [0, 0.1) is 0 Å². The van der Waals surface area contributed by atoms with Crippen LogP contribution in [-0.4, -0.2) is 11.5 Å². The molecule has 2 aromatic rings. The number of hydrogen-bond donors (Lipinski definition) is 1. The number of alkyl halides is 3. The van der Waals surface area contributed by atoms with E-state index in [1.807, 2.05) is 6.07 Å². The van der Waals surface area contributed by atoms with Gasteiger partial charge >= 0.3 is 6.18 Å². The van der Waals surface area contributed by atoms with Gasteiger partial charge < -0.3 is 5.32 Å². The molecule has 0 radical (unpaired) electrons. The van der Waals surface area contributed by atoms with Crippen molar-refractivity contribution < 1.29 is 13.2 Å². The quantitative estimate of drug-likeness (QED) is 0.781. The van der Waals surface area contributed by atoms with Crippen LogP contribution in [0.3, 0.4) is 0 Å². The zero-order valence-corrected chi connectivity index (χ0v) is 12.3. The van der Waals surface area contributed by atoms with Crippen molar-refractivity contribution in [1.29, 1.82) is 0 Å². The third-order valence-electron chi connectivity index (χ3n) is 2.43. The molecule has 0 aliphatic carbocycles. The molecule has 20 heavy (non-hydrogen) atoms. The molecule has 0 atom stereocenters. The summed E-state index contributed by atoms with van der Waals surface area (Å²) in [7, 11) is 0. The van der Waals surface area contributed by atoms with Gasteiger partial charge in [0.1, 0.15) is 11.0 Å². The monoisotopic (exact) mass is 340 g/mol. The third-order valence-corrected chi connectivity index (χ3v) is 3.91. The van der Waals surface area contributed by atoms with Gasteiger partial charge in [-0.05, 0) is 30.7 Å². The van der Waals surface area contributed by atoms with Crippen molar-refractivity contribution in [3.05, 3.63) is 44.2 Å². The molecule has 0 saturated heterocycles. The first-order valence-electron chi connectivity index (χ1n) is 5.57. The minimum atomic E-state index is -4.44. The standard InChI is InChI=1S/C12H9Cl2F3N2S/c13-9-5-7(12(15,16)17)6-11(19-9)18-4-3-8-1-2-10(14)20-8/h1-2,5-6H,3-4H2,(H,18,19). The Labute approximate surface area is 127 Å². The Hall–Kier alpha value is -0.980. The summed E-state index contributed by atoms with van der Waals surface area (Å²) in [5.74, 6) is 0.104. The lowest BCUT2D eigenvalue weighted by molar-refractivity contribution is -0.137. The van der Waals surface area contributed by atoms with Gasteiger partial charge in [0.15, 0.2) is 0 Å². The highest BCUT2D eigenvalue weighted by Crippen LogP contribution is 2.32. The second-order valence-electron chi connectivity index (χ2n) is 3.94. The molecule has 2 heterocycles. The molecule has 108 valence electrons. The number of halogens is 5. The maximum Gasteiger partial charge on any atom is 0.416 e. The number of thiophene rings is 1. The number of nitrogens with zero attached hydrogens (tertiary/aromatic N) is 1. The Morgan fingerprint density at radius 1 is 1.20 bits per heavy atom. The third kappa shape index (κ3) is 4.26. The van der Waals surface area contributed by atoms with Crippen molar-refractivity contribution in [2.24, 2.45) is 0 Å². The fourth-order valence-electron chi connectivity index (χ4n) is 1.55. The second kappa shape index (κ2) is 6.20. The summed E-state index contributed by atoms with van der Waals surface area (Å²) < 4.78 is 38.5. The molecule has 0 aliphatic heterocycles. The minimum Gasteiger partial charge on any atom is -0.370 e. The highest BCUT2D eigenvalue weighted by atomic mass is 35.5. The van der Waals surface area contributed by atoms with Crippen LogP contribution in [0.1, 0.15) is 10.4 Å². The van der Waals surface area contributed by atoms with Crippen molar-refractivity contribution in [2.75, 3.05) is 11.9 Å². The summed E-state index contributed by atoms with van der Waals surface area (Å²) >= 11 is 12.8. The van der Waals surface area contributed by atoms with Gasteiger partial charge in [0.05, 0.1) is 9.90 Å². The van der Waals surface area contributed by atoms with E-state index in [1.54, 1.807) is 6.07 Å².